The molecule has 0 N–H and O–H groups in total. The molecule has 1 rings (SSSR count). The summed E-state index contributed by atoms with van der Waals surface area (Å²) in [5.74, 6) is -4.31. The average Bonchev–Trinajstić information content (AvgIpc) is 2.96. The lowest BCUT2D eigenvalue weighted by Crippen LogP contribution is -2.48. The van der Waals surface area contributed by atoms with Gasteiger partial charge in [0.2, 0.25) is 0 Å². The van der Waals surface area contributed by atoms with Crippen LogP contribution in [-0.2, 0) is 14.3 Å². The largest absolute Gasteiger partial charge is 0.468 e. The highest BCUT2D eigenvalue weighted by Crippen LogP contribution is 2.61. The molecule has 0 bridgehead atoms. The quantitative estimate of drug-likeness (QED) is 0.723. The fraction of sp³-hybridized carbons (Fsp3) is 0.800. The van der Waals surface area contributed by atoms with Crippen molar-refractivity contribution in [2.24, 2.45) is 5.41 Å². The number of alkyl halides is 2. The average molecular weight is 332 g/mol. The minimum absolute atomic E-state index is 0.0674. The summed E-state index contributed by atoms with van der Waals surface area (Å²) in [6, 6.07) is 1.21. The van der Waals surface area contributed by atoms with Gasteiger partial charge in [-0.2, -0.15) is 5.26 Å². The topological polar surface area (TPSA) is 79.6 Å². The molecule has 1 unspecified atom stereocenters. The van der Waals surface area contributed by atoms with E-state index in [0.717, 1.165) is 12.0 Å². The normalized spacial score (nSPS) is 23.4. The van der Waals surface area contributed by atoms with Crippen LogP contribution >= 0.6 is 0 Å². The molecule has 1 aliphatic carbocycles. The predicted octanol–water partition coefficient (Wildman–Crippen LogP) is 2.72. The van der Waals surface area contributed by atoms with Crippen LogP contribution in [0.5, 0.6) is 0 Å². The summed E-state index contributed by atoms with van der Waals surface area (Å²) in [6.07, 6.45) is -1.60. The van der Waals surface area contributed by atoms with E-state index in [1.165, 1.54) is 0 Å². The maximum absolute atomic E-state index is 13.8. The lowest BCUT2D eigenvalue weighted by Gasteiger charge is -2.32. The fourth-order valence-electron chi connectivity index (χ4n) is 2.24. The standard InChI is InChI=1S/C15H22F2N2O4/c1-10(6-7-18)19(12(21)23-13(2,3)4)9-14(11(20)22-5)8-15(14,16)17/h10H,6,8-9H2,1-5H3/t10-,14?/m0/s1. The molecule has 0 aliphatic heterocycles. The predicted molar refractivity (Wildman–Crippen MR) is 76.6 cm³/mol. The number of hydrogen-bond acceptors (Lipinski definition) is 5. The van der Waals surface area contributed by atoms with Gasteiger partial charge in [0, 0.05) is 19.0 Å². The van der Waals surface area contributed by atoms with Crippen molar-refractivity contribution in [2.45, 2.75) is 58.1 Å². The van der Waals surface area contributed by atoms with Crippen molar-refractivity contribution in [1.29, 1.82) is 5.26 Å². The molecular weight excluding hydrogens is 310 g/mol. The van der Waals surface area contributed by atoms with Crippen LogP contribution < -0.4 is 0 Å². The van der Waals surface area contributed by atoms with Gasteiger partial charge < -0.3 is 14.4 Å². The monoisotopic (exact) mass is 332 g/mol. The maximum Gasteiger partial charge on any atom is 0.410 e. The van der Waals surface area contributed by atoms with Crippen molar-refractivity contribution in [3.8, 4) is 6.07 Å². The number of nitrogens with zero attached hydrogens (tertiary/aromatic N) is 2. The van der Waals surface area contributed by atoms with Crippen LogP contribution in [0.3, 0.4) is 0 Å². The number of nitriles is 1. The van der Waals surface area contributed by atoms with E-state index in [4.69, 9.17) is 10.00 Å². The Labute approximate surface area is 134 Å². The molecule has 0 saturated heterocycles. The number of ether oxygens (including phenoxy) is 2. The summed E-state index contributed by atoms with van der Waals surface area (Å²) in [7, 11) is 1.02. The molecule has 0 aromatic carbocycles. The van der Waals surface area contributed by atoms with E-state index in [9.17, 15) is 18.4 Å². The van der Waals surface area contributed by atoms with Gasteiger partial charge in [0.05, 0.1) is 19.6 Å². The molecule has 8 heteroatoms. The molecule has 0 heterocycles. The molecule has 6 nitrogen and oxygen atoms in total. The molecule has 0 spiro atoms. The van der Waals surface area contributed by atoms with E-state index < -0.39 is 48.0 Å². The molecular formula is C15H22F2N2O4. The molecule has 1 amide bonds. The number of hydrogen-bond donors (Lipinski definition) is 0. The van der Waals surface area contributed by atoms with E-state index >= 15 is 0 Å². The summed E-state index contributed by atoms with van der Waals surface area (Å²) >= 11 is 0. The molecule has 1 saturated carbocycles. The number of carbonyl (C=O) groups excluding carboxylic acids is 2. The summed E-state index contributed by atoms with van der Waals surface area (Å²) in [4.78, 5) is 25.1. The first-order chi connectivity index (χ1) is 10.4. The van der Waals surface area contributed by atoms with E-state index in [1.807, 2.05) is 6.07 Å². The molecule has 23 heavy (non-hydrogen) atoms. The first-order valence-electron chi connectivity index (χ1n) is 7.23. The Morgan fingerprint density at radius 3 is 2.26 bits per heavy atom. The van der Waals surface area contributed by atoms with Crippen molar-refractivity contribution in [3.63, 3.8) is 0 Å². The lowest BCUT2D eigenvalue weighted by atomic mass is 10.0. The molecule has 2 atom stereocenters. The number of rotatable bonds is 5. The van der Waals surface area contributed by atoms with Crippen molar-refractivity contribution in [2.75, 3.05) is 13.7 Å². The third-order valence-electron chi connectivity index (χ3n) is 3.66. The molecule has 1 fully saturated rings. The summed E-state index contributed by atoms with van der Waals surface area (Å²) in [5.41, 5.74) is -2.89. The number of methoxy groups -OCH3 is 1. The highest BCUT2D eigenvalue weighted by molar-refractivity contribution is 5.83. The van der Waals surface area contributed by atoms with Gasteiger partial charge in [0.1, 0.15) is 5.60 Å². The third kappa shape index (κ3) is 4.09. The van der Waals surface area contributed by atoms with Gasteiger partial charge in [-0.1, -0.05) is 0 Å². The highest BCUT2D eigenvalue weighted by atomic mass is 19.3. The van der Waals surface area contributed by atoms with Crippen molar-refractivity contribution >= 4 is 12.1 Å². The fourth-order valence-corrected chi connectivity index (χ4v) is 2.24. The molecule has 0 radical (unpaired) electrons. The second-order valence-electron chi connectivity index (χ2n) is 6.77. The van der Waals surface area contributed by atoms with Gasteiger partial charge in [-0.05, 0) is 27.7 Å². The lowest BCUT2D eigenvalue weighted by molar-refractivity contribution is -0.152. The van der Waals surface area contributed by atoms with Gasteiger partial charge in [-0.3, -0.25) is 4.79 Å². The molecule has 0 aromatic heterocycles. The van der Waals surface area contributed by atoms with Gasteiger partial charge >= 0.3 is 12.1 Å². The SMILES string of the molecule is COC(=O)C1(CN(C(=O)OC(C)(C)C)[C@@H](C)CC#N)CC1(F)F. The van der Waals surface area contributed by atoms with Crippen molar-refractivity contribution in [3.05, 3.63) is 0 Å². The number of halogens is 2. The van der Waals surface area contributed by atoms with Gasteiger partial charge in [0.25, 0.3) is 5.92 Å². The molecule has 0 aromatic rings. The number of carbonyl (C=O) groups is 2. The van der Waals surface area contributed by atoms with Gasteiger partial charge in [0.15, 0.2) is 5.41 Å². The Kier molecular flexibility index (Phi) is 5.24. The smallest absolute Gasteiger partial charge is 0.410 e. The van der Waals surface area contributed by atoms with Crippen LogP contribution in [0.4, 0.5) is 13.6 Å². The Hall–Kier alpha value is -1.91. The summed E-state index contributed by atoms with van der Waals surface area (Å²) in [5, 5.41) is 8.80. The summed E-state index contributed by atoms with van der Waals surface area (Å²) < 4.78 is 37.2. The van der Waals surface area contributed by atoms with Crippen molar-refractivity contribution in [1.82, 2.24) is 4.90 Å². The Balaban J connectivity index is 3.04. The minimum atomic E-state index is -3.24. The van der Waals surface area contributed by atoms with Crippen LogP contribution in [-0.4, -0.2) is 48.2 Å². The third-order valence-corrected chi connectivity index (χ3v) is 3.66. The zero-order chi connectivity index (χ0) is 18.1. The molecule has 1 aliphatic rings. The Bertz CT molecular complexity index is 525. The van der Waals surface area contributed by atoms with Crippen LogP contribution in [0.1, 0.15) is 40.5 Å². The highest BCUT2D eigenvalue weighted by Gasteiger charge is 2.77. The van der Waals surface area contributed by atoms with E-state index in [2.05, 4.69) is 4.74 Å². The Morgan fingerprint density at radius 1 is 1.39 bits per heavy atom. The van der Waals surface area contributed by atoms with E-state index in [1.54, 1.807) is 27.7 Å². The zero-order valence-electron chi connectivity index (χ0n) is 14.0. The first-order valence-corrected chi connectivity index (χ1v) is 7.23. The van der Waals surface area contributed by atoms with Crippen LogP contribution in [0.2, 0.25) is 0 Å². The zero-order valence-corrected chi connectivity index (χ0v) is 14.0. The van der Waals surface area contributed by atoms with E-state index in [-0.39, 0.29) is 6.42 Å². The van der Waals surface area contributed by atoms with Crippen LogP contribution in [0.15, 0.2) is 0 Å². The minimum Gasteiger partial charge on any atom is -0.468 e. The Morgan fingerprint density at radius 2 is 1.91 bits per heavy atom. The van der Waals surface area contributed by atoms with Gasteiger partial charge in [-0.25, -0.2) is 13.6 Å². The summed E-state index contributed by atoms with van der Waals surface area (Å²) in [6.45, 7) is 5.91. The number of amides is 1. The second kappa shape index (κ2) is 6.30. The van der Waals surface area contributed by atoms with Crippen LogP contribution in [0.25, 0.3) is 0 Å². The van der Waals surface area contributed by atoms with Crippen LogP contribution in [0, 0.1) is 16.7 Å². The second-order valence-corrected chi connectivity index (χ2v) is 6.77. The van der Waals surface area contributed by atoms with E-state index in [0.29, 0.717) is 0 Å². The number of esters is 1. The van der Waals surface area contributed by atoms with Crippen molar-refractivity contribution < 1.29 is 27.8 Å². The van der Waals surface area contributed by atoms with Gasteiger partial charge in [-0.15, -0.1) is 0 Å². The molecule has 130 valence electrons. The first kappa shape index (κ1) is 19.1. The maximum atomic E-state index is 13.8.